The number of aromatic nitrogens is 2. The molecule has 0 spiro atoms. The van der Waals surface area contributed by atoms with Crippen molar-refractivity contribution in [2.24, 2.45) is 0 Å². The van der Waals surface area contributed by atoms with E-state index in [2.05, 4.69) is 31.7 Å². The van der Waals surface area contributed by atoms with Crippen molar-refractivity contribution in [3.05, 3.63) is 68.7 Å². The van der Waals surface area contributed by atoms with E-state index < -0.39 is 0 Å². The van der Waals surface area contributed by atoms with E-state index >= 15 is 0 Å². The summed E-state index contributed by atoms with van der Waals surface area (Å²) < 4.78 is 7.86. The van der Waals surface area contributed by atoms with Crippen molar-refractivity contribution in [3.8, 4) is 5.75 Å². The average molecular weight is 486 g/mol. The third kappa shape index (κ3) is 5.13. The van der Waals surface area contributed by atoms with E-state index in [-0.39, 0.29) is 0 Å². The van der Waals surface area contributed by atoms with Gasteiger partial charge in [-0.3, -0.25) is 4.68 Å². The van der Waals surface area contributed by atoms with Gasteiger partial charge in [-0.15, -0.1) is 0 Å². The molecular weight excluding hydrogens is 471 g/mol. The summed E-state index contributed by atoms with van der Waals surface area (Å²) in [7, 11) is 1.58. The van der Waals surface area contributed by atoms with Gasteiger partial charge in [-0.05, 0) is 58.0 Å². The first-order valence-corrected chi connectivity index (χ1v) is 9.80. The topological polar surface area (TPSA) is 51.1 Å². The van der Waals surface area contributed by atoms with Crippen LogP contribution in [0.4, 0.5) is 11.5 Å². The molecule has 0 saturated heterocycles. The Morgan fingerprint density at radius 2 is 2.00 bits per heavy atom. The zero-order valence-corrected chi connectivity index (χ0v) is 18.1. The fourth-order valence-electron chi connectivity index (χ4n) is 2.40. The third-order valence-corrected chi connectivity index (χ3v) is 5.04. The number of nitrogens with zero attached hydrogens (tertiary/aromatic N) is 2. The first kappa shape index (κ1) is 19.9. The van der Waals surface area contributed by atoms with E-state index in [1.807, 2.05) is 30.5 Å². The Balaban J connectivity index is 1.71. The quantitative estimate of drug-likeness (QED) is 0.446. The van der Waals surface area contributed by atoms with Crippen LogP contribution in [-0.2, 0) is 6.54 Å². The molecule has 140 valence electrons. The van der Waals surface area contributed by atoms with Gasteiger partial charge in [-0.2, -0.15) is 5.10 Å². The molecule has 9 heteroatoms. The van der Waals surface area contributed by atoms with E-state index in [0.717, 1.165) is 10.0 Å². The highest BCUT2D eigenvalue weighted by Gasteiger charge is 2.11. The Bertz CT molecular complexity index is 980. The van der Waals surface area contributed by atoms with Crippen LogP contribution in [-0.4, -0.2) is 22.0 Å². The van der Waals surface area contributed by atoms with Crippen molar-refractivity contribution in [3.63, 3.8) is 0 Å². The zero-order valence-electron chi connectivity index (χ0n) is 14.2. The molecule has 2 N–H and O–H groups in total. The molecule has 0 aliphatic heterocycles. The largest absolute Gasteiger partial charge is 0.495 e. The van der Waals surface area contributed by atoms with Crippen molar-refractivity contribution in [2.75, 3.05) is 17.7 Å². The van der Waals surface area contributed by atoms with Crippen molar-refractivity contribution in [1.82, 2.24) is 9.78 Å². The lowest BCUT2D eigenvalue weighted by atomic mass is 10.2. The Morgan fingerprint density at radius 3 is 2.74 bits per heavy atom. The maximum Gasteiger partial charge on any atom is 0.176 e. The fraction of sp³-hybridized carbons (Fsp3) is 0.111. The molecule has 1 heterocycles. The van der Waals surface area contributed by atoms with Crippen molar-refractivity contribution >= 4 is 68.0 Å². The monoisotopic (exact) mass is 484 g/mol. The summed E-state index contributed by atoms with van der Waals surface area (Å²) in [6.07, 6.45) is 1.86. The van der Waals surface area contributed by atoms with Crippen molar-refractivity contribution in [1.29, 1.82) is 0 Å². The number of nitrogens with one attached hydrogen (secondary N) is 2. The minimum atomic E-state index is 0.360. The summed E-state index contributed by atoms with van der Waals surface area (Å²) in [6.45, 7) is 0.544. The molecule has 5 nitrogen and oxygen atoms in total. The molecule has 0 unspecified atom stereocenters. The highest BCUT2D eigenvalue weighted by atomic mass is 79.9. The normalized spacial score (nSPS) is 10.5. The van der Waals surface area contributed by atoms with E-state index in [4.69, 9.17) is 40.2 Å². The van der Waals surface area contributed by atoms with Crippen LogP contribution in [0.15, 0.2) is 53.1 Å². The Labute approximate surface area is 180 Å². The maximum atomic E-state index is 6.21. The molecule has 0 aliphatic rings. The first-order valence-electron chi connectivity index (χ1n) is 7.84. The third-order valence-electron chi connectivity index (χ3n) is 3.65. The number of rotatable bonds is 5. The predicted octanol–water partition coefficient (Wildman–Crippen LogP) is 5.82. The second-order valence-electron chi connectivity index (χ2n) is 5.54. The zero-order chi connectivity index (χ0) is 19.4. The van der Waals surface area contributed by atoms with Gasteiger partial charge in [-0.25, -0.2) is 0 Å². The van der Waals surface area contributed by atoms with Crippen LogP contribution in [0.25, 0.3) is 0 Å². The van der Waals surface area contributed by atoms with Gasteiger partial charge in [0.1, 0.15) is 5.75 Å². The Morgan fingerprint density at radius 1 is 1.22 bits per heavy atom. The summed E-state index contributed by atoms with van der Waals surface area (Å²) in [5.74, 6) is 1.22. The number of hydrogen-bond donors (Lipinski definition) is 2. The van der Waals surface area contributed by atoms with Gasteiger partial charge in [0, 0.05) is 16.2 Å². The first-order chi connectivity index (χ1) is 13.0. The fourth-order valence-corrected chi connectivity index (χ4v) is 3.39. The summed E-state index contributed by atoms with van der Waals surface area (Å²) in [5.41, 5.74) is 1.64. The van der Waals surface area contributed by atoms with Crippen LogP contribution in [0, 0.1) is 0 Å². The number of anilines is 2. The SMILES string of the molecule is COc1ccc(Cl)cc1NC(=S)Nc1nn(Cc2ccccc2Cl)cc1Br. The molecule has 2 aromatic carbocycles. The Kier molecular flexibility index (Phi) is 6.59. The lowest BCUT2D eigenvalue weighted by molar-refractivity contribution is 0.417. The number of methoxy groups -OCH3 is 1. The second kappa shape index (κ2) is 8.93. The van der Waals surface area contributed by atoms with Crippen LogP contribution in [0.1, 0.15) is 5.56 Å². The molecule has 3 rings (SSSR count). The van der Waals surface area contributed by atoms with Crippen LogP contribution >= 0.6 is 51.3 Å². The van der Waals surface area contributed by atoms with Crippen LogP contribution < -0.4 is 15.4 Å². The number of ether oxygens (including phenoxy) is 1. The maximum absolute atomic E-state index is 6.21. The molecule has 27 heavy (non-hydrogen) atoms. The average Bonchev–Trinajstić information content (AvgIpc) is 2.96. The minimum Gasteiger partial charge on any atom is -0.495 e. The number of thiocarbonyl (C=S) groups is 1. The molecule has 0 fully saturated rings. The van der Waals surface area contributed by atoms with E-state index in [9.17, 15) is 0 Å². The molecule has 0 bridgehead atoms. The van der Waals surface area contributed by atoms with Gasteiger partial charge in [-0.1, -0.05) is 41.4 Å². The summed E-state index contributed by atoms with van der Waals surface area (Å²) >= 11 is 21.1. The minimum absolute atomic E-state index is 0.360. The van der Waals surface area contributed by atoms with E-state index in [1.54, 1.807) is 30.0 Å². The summed E-state index contributed by atoms with van der Waals surface area (Å²) in [4.78, 5) is 0. The standard InChI is InChI=1S/C18H15BrCl2N4OS/c1-26-16-7-6-12(20)8-15(16)22-18(27)23-17-13(19)10-25(24-17)9-11-4-2-3-5-14(11)21/h2-8,10H,9H2,1H3,(H2,22,23,24,27). The van der Waals surface area contributed by atoms with Crippen LogP contribution in [0.3, 0.4) is 0 Å². The molecule has 3 aromatic rings. The molecule has 0 aliphatic carbocycles. The van der Waals surface area contributed by atoms with Gasteiger partial charge >= 0.3 is 0 Å². The van der Waals surface area contributed by atoms with Crippen molar-refractivity contribution < 1.29 is 4.74 Å². The summed E-state index contributed by atoms with van der Waals surface area (Å²) in [5, 5.41) is 12.3. The van der Waals surface area contributed by atoms with Gasteiger partial charge in [0.05, 0.1) is 23.8 Å². The van der Waals surface area contributed by atoms with Gasteiger partial charge in [0.25, 0.3) is 0 Å². The predicted molar refractivity (Wildman–Crippen MR) is 118 cm³/mol. The van der Waals surface area contributed by atoms with Gasteiger partial charge < -0.3 is 15.4 Å². The molecule has 0 radical (unpaired) electrons. The Hall–Kier alpha value is -1.80. The van der Waals surface area contributed by atoms with E-state index in [0.29, 0.717) is 39.0 Å². The highest BCUT2D eigenvalue weighted by Crippen LogP contribution is 2.28. The molecule has 0 saturated carbocycles. The number of benzene rings is 2. The van der Waals surface area contributed by atoms with Crippen LogP contribution in [0.2, 0.25) is 10.0 Å². The summed E-state index contributed by atoms with van der Waals surface area (Å²) in [6, 6.07) is 12.9. The van der Waals surface area contributed by atoms with Crippen LogP contribution in [0.5, 0.6) is 5.75 Å². The lowest BCUT2D eigenvalue weighted by Crippen LogP contribution is -2.20. The molecule has 0 atom stereocenters. The highest BCUT2D eigenvalue weighted by molar-refractivity contribution is 9.10. The molecular formula is C18H15BrCl2N4OS. The lowest BCUT2D eigenvalue weighted by Gasteiger charge is -2.13. The van der Waals surface area contributed by atoms with E-state index in [1.165, 1.54) is 0 Å². The second-order valence-corrected chi connectivity index (χ2v) is 7.64. The smallest absolute Gasteiger partial charge is 0.176 e. The van der Waals surface area contributed by atoms with Crippen molar-refractivity contribution in [2.45, 2.75) is 6.54 Å². The molecule has 0 amide bonds. The molecule has 1 aromatic heterocycles. The number of halogens is 3. The van der Waals surface area contributed by atoms with Gasteiger partial charge in [0.15, 0.2) is 10.9 Å². The number of hydrogen-bond acceptors (Lipinski definition) is 3. The van der Waals surface area contributed by atoms with Gasteiger partial charge in [0.2, 0.25) is 0 Å².